The van der Waals surface area contributed by atoms with Crippen molar-refractivity contribution in [1.82, 2.24) is 9.29 Å². The van der Waals surface area contributed by atoms with E-state index in [1.807, 2.05) is 6.07 Å². The zero-order valence-electron chi connectivity index (χ0n) is 14.3. The highest BCUT2D eigenvalue weighted by molar-refractivity contribution is 7.89. The maximum absolute atomic E-state index is 13.2. The van der Waals surface area contributed by atoms with E-state index in [1.165, 1.54) is 16.4 Å². The van der Waals surface area contributed by atoms with Gasteiger partial charge in [-0.25, -0.2) is 8.42 Å². The molecule has 7 heteroatoms. The molecule has 0 aliphatic rings. The van der Waals surface area contributed by atoms with Crippen molar-refractivity contribution < 1.29 is 8.42 Å². The lowest BCUT2D eigenvalue weighted by Crippen LogP contribution is -2.30. The number of sulfonamides is 1. The number of aromatic nitrogens is 1. The summed E-state index contributed by atoms with van der Waals surface area (Å²) in [7, 11) is -3.78. The van der Waals surface area contributed by atoms with E-state index < -0.39 is 10.0 Å². The molecule has 5 nitrogen and oxygen atoms in total. The van der Waals surface area contributed by atoms with Gasteiger partial charge in [-0.05, 0) is 54.1 Å². The maximum Gasteiger partial charge on any atom is 0.243 e. The standard InChI is InChI=1S/C20H16ClN3O2S/c21-18-7-9-20(10-8-18)27(25,26)24(15-19-6-1-2-11-23-19)14-17-5-3-4-16(12-17)13-22/h1-12H,14-15H2. The van der Waals surface area contributed by atoms with Crippen LogP contribution in [-0.2, 0) is 23.1 Å². The van der Waals surface area contributed by atoms with Gasteiger partial charge in [-0.1, -0.05) is 29.8 Å². The molecule has 27 heavy (non-hydrogen) atoms. The molecular weight excluding hydrogens is 382 g/mol. The maximum atomic E-state index is 13.2. The van der Waals surface area contributed by atoms with Crippen LogP contribution < -0.4 is 0 Å². The minimum Gasteiger partial charge on any atom is -0.260 e. The van der Waals surface area contributed by atoms with Gasteiger partial charge in [0, 0.05) is 17.8 Å². The Balaban J connectivity index is 1.98. The largest absolute Gasteiger partial charge is 0.260 e. The molecule has 0 bridgehead atoms. The zero-order valence-corrected chi connectivity index (χ0v) is 15.9. The molecule has 0 atom stereocenters. The Kier molecular flexibility index (Phi) is 5.87. The fraction of sp³-hybridized carbons (Fsp3) is 0.100. The predicted octanol–water partition coefficient (Wildman–Crippen LogP) is 4.00. The summed E-state index contributed by atoms with van der Waals surface area (Å²) in [6.45, 7) is 0.236. The van der Waals surface area contributed by atoms with Gasteiger partial charge in [-0.3, -0.25) is 4.98 Å². The summed E-state index contributed by atoms with van der Waals surface area (Å²) in [5, 5.41) is 9.56. The van der Waals surface area contributed by atoms with Gasteiger partial charge in [0.25, 0.3) is 0 Å². The van der Waals surface area contributed by atoms with Crippen molar-refractivity contribution in [2.75, 3.05) is 0 Å². The highest BCUT2D eigenvalue weighted by Crippen LogP contribution is 2.22. The average molecular weight is 398 g/mol. The van der Waals surface area contributed by atoms with Crippen LogP contribution in [0.3, 0.4) is 0 Å². The van der Waals surface area contributed by atoms with Crippen LogP contribution in [0.2, 0.25) is 5.02 Å². The van der Waals surface area contributed by atoms with Crippen LogP contribution in [-0.4, -0.2) is 17.7 Å². The summed E-state index contributed by atoms with van der Waals surface area (Å²) >= 11 is 5.89. The van der Waals surface area contributed by atoms with Crippen molar-refractivity contribution in [3.05, 3.63) is 94.8 Å². The Morgan fingerprint density at radius 3 is 2.44 bits per heavy atom. The second kappa shape index (κ2) is 8.31. The number of rotatable bonds is 6. The molecule has 0 saturated heterocycles. The number of benzene rings is 2. The molecule has 0 N–H and O–H groups in total. The van der Waals surface area contributed by atoms with Crippen LogP contribution in [0.4, 0.5) is 0 Å². The molecule has 3 aromatic rings. The van der Waals surface area contributed by atoms with E-state index in [4.69, 9.17) is 16.9 Å². The van der Waals surface area contributed by atoms with E-state index in [9.17, 15) is 8.42 Å². The van der Waals surface area contributed by atoms with Crippen molar-refractivity contribution in [1.29, 1.82) is 5.26 Å². The first-order chi connectivity index (χ1) is 13.0. The third-order valence-electron chi connectivity index (χ3n) is 3.93. The van der Waals surface area contributed by atoms with E-state index in [1.54, 1.807) is 54.7 Å². The summed E-state index contributed by atoms with van der Waals surface area (Å²) in [5.41, 5.74) is 1.84. The lowest BCUT2D eigenvalue weighted by Gasteiger charge is -2.22. The zero-order chi connectivity index (χ0) is 19.3. The number of halogens is 1. The molecule has 3 rings (SSSR count). The number of nitrogens with zero attached hydrogens (tertiary/aromatic N) is 3. The normalized spacial score (nSPS) is 11.3. The first kappa shape index (κ1) is 19.1. The summed E-state index contributed by atoms with van der Waals surface area (Å²) in [5.74, 6) is 0. The fourth-order valence-corrected chi connectivity index (χ4v) is 4.12. The molecule has 2 aromatic carbocycles. The Hall–Kier alpha value is -2.72. The monoisotopic (exact) mass is 397 g/mol. The van der Waals surface area contributed by atoms with Crippen molar-refractivity contribution in [3.63, 3.8) is 0 Å². The summed E-state index contributed by atoms with van der Waals surface area (Å²) in [6, 6.07) is 20.4. The molecule has 1 heterocycles. The minimum absolute atomic E-state index is 0.114. The molecule has 0 saturated carbocycles. The lowest BCUT2D eigenvalue weighted by atomic mass is 10.1. The summed E-state index contributed by atoms with van der Waals surface area (Å²) in [6.07, 6.45) is 1.62. The molecule has 136 valence electrons. The number of nitriles is 1. The van der Waals surface area contributed by atoms with Crippen LogP contribution in [0.15, 0.2) is 77.8 Å². The van der Waals surface area contributed by atoms with Crippen molar-refractivity contribution in [2.24, 2.45) is 0 Å². The van der Waals surface area contributed by atoms with Gasteiger partial charge in [0.15, 0.2) is 0 Å². The topological polar surface area (TPSA) is 74.1 Å². The van der Waals surface area contributed by atoms with Crippen molar-refractivity contribution in [2.45, 2.75) is 18.0 Å². The van der Waals surface area contributed by atoms with Crippen molar-refractivity contribution >= 4 is 21.6 Å². The van der Waals surface area contributed by atoms with Crippen LogP contribution >= 0.6 is 11.6 Å². The van der Waals surface area contributed by atoms with E-state index in [0.717, 1.165) is 5.56 Å². The Morgan fingerprint density at radius 1 is 1.00 bits per heavy atom. The predicted molar refractivity (Wildman–Crippen MR) is 103 cm³/mol. The molecule has 0 aliphatic carbocycles. The highest BCUT2D eigenvalue weighted by Gasteiger charge is 2.25. The Labute approximate surface area is 163 Å². The molecule has 0 aliphatic heterocycles. The van der Waals surface area contributed by atoms with Crippen molar-refractivity contribution in [3.8, 4) is 6.07 Å². The second-order valence-corrected chi connectivity index (χ2v) is 8.23. The fourth-order valence-electron chi connectivity index (χ4n) is 2.60. The molecule has 0 amide bonds. The van der Waals surface area contributed by atoms with Gasteiger partial charge >= 0.3 is 0 Å². The van der Waals surface area contributed by atoms with Crippen LogP contribution in [0.1, 0.15) is 16.8 Å². The molecular formula is C20H16ClN3O2S. The summed E-state index contributed by atoms with van der Waals surface area (Å²) < 4.78 is 27.7. The molecule has 0 unspecified atom stereocenters. The molecule has 1 aromatic heterocycles. The van der Waals surface area contributed by atoms with E-state index in [0.29, 0.717) is 16.3 Å². The quantitative estimate of drug-likeness (QED) is 0.630. The van der Waals surface area contributed by atoms with Gasteiger partial charge in [-0.15, -0.1) is 0 Å². The summed E-state index contributed by atoms with van der Waals surface area (Å²) in [4.78, 5) is 4.39. The lowest BCUT2D eigenvalue weighted by molar-refractivity contribution is 0.397. The van der Waals surface area contributed by atoms with Crippen LogP contribution in [0, 0.1) is 11.3 Å². The number of hydrogen-bond acceptors (Lipinski definition) is 4. The van der Waals surface area contributed by atoms with Gasteiger partial charge in [0.05, 0.1) is 28.8 Å². The first-order valence-electron chi connectivity index (χ1n) is 8.14. The van der Waals surface area contributed by atoms with Crippen LogP contribution in [0.5, 0.6) is 0 Å². The van der Waals surface area contributed by atoms with Gasteiger partial charge in [0.2, 0.25) is 10.0 Å². The van der Waals surface area contributed by atoms with E-state index >= 15 is 0 Å². The minimum atomic E-state index is -3.78. The van der Waals surface area contributed by atoms with E-state index in [2.05, 4.69) is 11.1 Å². The van der Waals surface area contributed by atoms with Crippen LogP contribution in [0.25, 0.3) is 0 Å². The molecule has 0 fully saturated rings. The third kappa shape index (κ3) is 4.72. The Morgan fingerprint density at radius 2 is 1.78 bits per heavy atom. The number of pyridine rings is 1. The molecule has 0 radical (unpaired) electrons. The van der Waals surface area contributed by atoms with Gasteiger partial charge in [0.1, 0.15) is 0 Å². The van der Waals surface area contributed by atoms with Gasteiger partial charge < -0.3 is 0 Å². The first-order valence-corrected chi connectivity index (χ1v) is 9.95. The smallest absolute Gasteiger partial charge is 0.243 e. The van der Waals surface area contributed by atoms with Gasteiger partial charge in [-0.2, -0.15) is 9.57 Å². The van der Waals surface area contributed by atoms with E-state index in [-0.39, 0.29) is 18.0 Å². The number of hydrogen-bond donors (Lipinski definition) is 0. The SMILES string of the molecule is N#Cc1cccc(CN(Cc2ccccn2)S(=O)(=O)c2ccc(Cl)cc2)c1. The highest BCUT2D eigenvalue weighted by atomic mass is 35.5. The second-order valence-electron chi connectivity index (χ2n) is 5.86. The molecule has 0 spiro atoms. The Bertz CT molecular complexity index is 1060. The third-order valence-corrected chi connectivity index (χ3v) is 5.99. The average Bonchev–Trinajstić information content (AvgIpc) is 2.69.